The van der Waals surface area contributed by atoms with Crippen LogP contribution in [0.1, 0.15) is 37.9 Å². The predicted molar refractivity (Wildman–Crippen MR) is 71.2 cm³/mol. The minimum absolute atomic E-state index is 0.444. The molecule has 3 atom stereocenters. The highest BCUT2D eigenvalue weighted by atomic mass is 35.5. The van der Waals surface area contributed by atoms with Crippen molar-refractivity contribution in [2.24, 2.45) is 5.92 Å². The van der Waals surface area contributed by atoms with E-state index in [2.05, 4.69) is 12.2 Å². The molecule has 1 aliphatic carbocycles. The minimum atomic E-state index is -0.444. The summed E-state index contributed by atoms with van der Waals surface area (Å²) in [6.07, 6.45) is 3.39. The first-order valence-electron chi connectivity index (χ1n) is 6.33. The Balaban J connectivity index is 1.84. The summed E-state index contributed by atoms with van der Waals surface area (Å²) in [7, 11) is 0. The van der Waals surface area contributed by atoms with Gasteiger partial charge < -0.3 is 10.4 Å². The van der Waals surface area contributed by atoms with E-state index in [9.17, 15) is 5.11 Å². The monoisotopic (exact) mass is 253 g/mol. The average Bonchev–Trinajstić information content (AvgIpc) is 2.73. The second-order valence-corrected chi connectivity index (χ2v) is 5.43. The van der Waals surface area contributed by atoms with E-state index >= 15 is 0 Å². The quantitative estimate of drug-likeness (QED) is 0.864. The van der Waals surface area contributed by atoms with Gasteiger partial charge >= 0.3 is 0 Å². The van der Waals surface area contributed by atoms with Crippen LogP contribution in [0.2, 0.25) is 5.02 Å². The number of halogens is 1. The fraction of sp³-hybridized carbons (Fsp3) is 0.571. The molecule has 1 aromatic carbocycles. The topological polar surface area (TPSA) is 32.3 Å². The van der Waals surface area contributed by atoms with Crippen LogP contribution in [-0.2, 0) is 0 Å². The Labute approximate surface area is 108 Å². The third-order valence-electron chi connectivity index (χ3n) is 3.69. The standard InChI is InChI=1S/C14H20ClNO/c1-10-3-2-4-13(10)16-9-14(17)11-5-7-12(15)8-6-11/h5-8,10,13-14,16-17H,2-4,9H2,1H3. The summed E-state index contributed by atoms with van der Waals surface area (Å²) in [6, 6.07) is 7.97. The van der Waals surface area contributed by atoms with Gasteiger partial charge in [-0.1, -0.05) is 37.1 Å². The van der Waals surface area contributed by atoms with Crippen molar-refractivity contribution < 1.29 is 5.11 Å². The molecule has 2 rings (SSSR count). The van der Waals surface area contributed by atoms with Gasteiger partial charge in [0.05, 0.1) is 6.10 Å². The molecule has 0 saturated heterocycles. The van der Waals surface area contributed by atoms with Crippen molar-refractivity contribution >= 4 is 11.6 Å². The SMILES string of the molecule is CC1CCCC1NCC(O)c1ccc(Cl)cc1. The van der Waals surface area contributed by atoms with Crippen LogP contribution in [0.4, 0.5) is 0 Å². The van der Waals surface area contributed by atoms with Crippen LogP contribution in [-0.4, -0.2) is 17.7 Å². The Bertz CT molecular complexity index is 352. The Kier molecular flexibility index (Phi) is 4.43. The van der Waals surface area contributed by atoms with Gasteiger partial charge in [-0.05, 0) is 36.5 Å². The summed E-state index contributed by atoms with van der Waals surface area (Å²) in [5, 5.41) is 14.2. The second kappa shape index (κ2) is 5.85. The van der Waals surface area contributed by atoms with E-state index in [4.69, 9.17) is 11.6 Å². The molecule has 0 spiro atoms. The smallest absolute Gasteiger partial charge is 0.0914 e. The molecule has 0 amide bonds. The fourth-order valence-corrected chi connectivity index (χ4v) is 2.64. The molecule has 0 bridgehead atoms. The molecule has 1 aromatic rings. The van der Waals surface area contributed by atoms with Gasteiger partial charge in [-0.3, -0.25) is 0 Å². The largest absolute Gasteiger partial charge is 0.387 e. The third kappa shape index (κ3) is 3.44. The summed E-state index contributed by atoms with van der Waals surface area (Å²) < 4.78 is 0. The van der Waals surface area contributed by atoms with Crippen LogP contribution >= 0.6 is 11.6 Å². The Hall–Kier alpha value is -0.570. The highest BCUT2D eigenvalue weighted by Gasteiger charge is 2.23. The highest BCUT2D eigenvalue weighted by molar-refractivity contribution is 6.30. The van der Waals surface area contributed by atoms with Gasteiger partial charge in [0.2, 0.25) is 0 Å². The summed E-state index contributed by atoms with van der Waals surface area (Å²) >= 11 is 5.82. The van der Waals surface area contributed by atoms with Crippen LogP contribution < -0.4 is 5.32 Å². The maximum Gasteiger partial charge on any atom is 0.0914 e. The number of hydrogen-bond acceptors (Lipinski definition) is 2. The molecular weight excluding hydrogens is 234 g/mol. The first-order chi connectivity index (χ1) is 8.16. The molecule has 0 aromatic heterocycles. The average molecular weight is 254 g/mol. The van der Waals surface area contributed by atoms with Crippen LogP contribution in [0, 0.1) is 5.92 Å². The molecule has 1 fully saturated rings. The predicted octanol–water partition coefficient (Wildman–Crippen LogP) is 3.15. The van der Waals surface area contributed by atoms with E-state index in [1.165, 1.54) is 19.3 Å². The fourth-order valence-electron chi connectivity index (χ4n) is 2.51. The second-order valence-electron chi connectivity index (χ2n) is 4.99. The summed E-state index contributed by atoms with van der Waals surface area (Å²) in [6.45, 7) is 2.90. The lowest BCUT2D eigenvalue weighted by atomic mass is 10.1. The van der Waals surface area contributed by atoms with E-state index in [0.29, 0.717) is 17.6 Å². The number of hydrogen-bond donors (Lipinski definition) is 2. The van der Waals surface area contributed by atoms with Gasteiger partial charge in [-0.15, -0.1) is 0 Å². The molecule has 2 nitrogen and oxygen atoms in total. The van der Waals surface area contributed by atoms with Gasteiger partial charge in [-0.25, -0.2) is 0 Å². The van der Waals surface area contributed by atoms with Gasteiger partial charge in [0, 0.05) is 17.6 Å². The lowest BCUT2D eigenvalue weighted by molar-refractivity contribution is 0.167. The molecule has 1 saturated carbocycles. The van der Waals surface area contributed by atoms with Crippen LogP contribution in [0.25, 0.3) is 0 Å². The highest BCUT2D eigenvalue weighted by Crippen LogP contribution is 2.25. The summed E-state index contributed by atoms with van der Waals surface area (Å²) in [5.41, 5.74) is 0.924. The lowest BCUT2D eigenvalue weighted by Crippen LogP contribution is -2.34. The van der Waals surface area contributed by atoms with Crippen molar-refractivity contribution in [2.45, 2.75) is 38.3 Å². The van der Waals surface area contributed by atoms with Gasteiger partial charge in [0.25, 0.3) is 0 Å². The molecule has 3 heteroatoms. The van der Waals surface area contributed by atoms with Crippen molar-refractivity contribution in [1.82, 2.24) is 5.32 Å². The first kappa shape index (κ1) is 12.9. The van der Waals surface area contributed by atoms with Crippen molar-refractivity contribution in [2.75, 3.05) is 6.54 Å². The van der Waals surface area contributed by atoms with Gasteiger partial charge in [0.15, 0.2) is 0 Å². The van der Waals surface area contributed by atoms with E-state index in [0.717, 1.165) is 11.5 Å². The Morgan fingerprint density at radius 2 is 2.06 bits per heavy atom. The molecule has 0 aliphatic heterocycles. The zero-order valence-electron chi connectivity index (χ0n) is 10.2. The number of aliphatic hydroxyl groups is 1. The first-order valence-corrected chi connectivity index (χ1v) is 6.71. The molecule has 0 radical (unpaired) electrons. The molecular formula is C14H20ClNO. The minimum Gasteiger partial charge on any atom is -0.387 e. The Morgan fingerprint density at radius 1 is 1.35 bits per heavy atom. The number of benzene rings is 1. The van der Waals surface area contributed by atoms with Gasteiger partial charge in [-0.2, -0.15) is 0 Å². The Morgan fingerprint density at radius 3 is 2.65 bits per heavy atom. The summed E-state index contributed by atoms with van der Waals surface area (Å²) in [4.78, 5) is 0. The van der Waals surface area contributed by atoms with E-state index < -0.39 is 6.10 Å². The number of nitrogens with one attached hydrogen (secondary N) is 1. The lowest BCUT2D eigenvalue weighted by Gasteiger charge is -2.20. The molecule has 94 valence electrons. The maximum atomic E-state index is 10.1. The summed E-state index contributed by atoms with van der Waals surface area (Å²) in [5.74, 6) is 0.729. The van der Waals surface area contributed by atoms with Crippen LogP contribution in [0.15, 0.2) is 24.3 Å². The molecule has 3 unspecified atom stereocenters. The third-order valence-corrected chi connectivity index (χ3v) is 3.94. The van der Waals surface area contributed by atoms with Crippen LogP contribution in [0.5, 0.6) is 0 Å². The van der Waals surface area contributed by atoms with Crippen molar-refractivity contribution in [3.63, 3.8) is 0 Å². The van der Waals surface area contributed by atoms with Crippen molar-refractivity contribution in [3.05, 3.63) is 34.9 Å². The number of rotatable bonds is 4. The molecule has 0 heterocycles. The zero-order valence-corrected chi connectivity index (χ0v) is 11.0. The van der Waals surface area contributed by atoms with Crippen molar-refractivity contribution in [3.8, 4) is 0 Å². The normalized spacial score (nSPS) is 26.1. The van der Waals surface area contributed by atoms with E-state index in [1.54, 1.807) is 0 Å². The number of aliphatic hydroxyl groups excluding tert-OH is 1. The molecule has 17 heavy (non-hydrogen) atoms. The maximum absolute atomic E-state index is 10.1. The van der Waals surface area contributed by atoms with E-state index in [1.807, 2.05) is 24.3 Å². The van der Waals surface area contributed by atoms with Gasteiger partial charge in [0.1, 0.15) is 0 Å². The van der Waals surface area contributed by atoms with Crippen molar-refractivity contribution in [1.29, 1.82) is 0 Å². The zero-order chi connectivity index (χ0) is 12.3. The molecule has 1 aliphatic rings. The van der Waals surface area contributed by atoms with Crippen LogP contribution in [0.3, 0.4) is 0 Å². The van der Waals surface area contributed by atoms with E-state index in [-0.39, 0.29) is 0 Å². The molecule has 2 N–H and O–H groups in total.